The van der Waals surface area contributed by atoms with Gasteiger partial charge in [-0.05, 0) is 49.6 Å². The molecule has 2 aromatic carbocycles. The molecule has 0 aliphatic carbocycles. The Labute approximate surface area is 246 Å². The number of carbonyl (C=O) groups excluding carboxylic acids is 3. The zero-order valence-corrected chi connectivity index (χ0v) is 24.5. The maximum absolute atomic E-state index is 13.6. The first-order chi connectivity index (χ1) is 19.7. The summed E-state index contributed by atoms with van der Waals surface area (Å²) in [6.45, 7) is -0.559. The Morgan fingerprint density at radius 2 is 1.93 bits per heavy atom. The zero-order chi connectivity index (χ0) is 29.4. The fourth-order valence-electron chi connectivity index (χ4n) is 4.69. The van der Waals surface area contributed by atoms with Gasteiger partial charge in [-0.25, -0.2) is 4.90 Å². The minimum atomic E-state index is -1.60. The second-order valence-electron chi connectivity index (χ2n) is 9.87. The van der Waals surface area contributed by atoms with E-state index >= 15 is 0 Å². The van der Waals surface area contributed by atoms with Crippen LogP contribution in [0.1, 0.15) is 31.2 Å². The highest BCUT2D eigenvalue weighted by molar-refractivity contribution is 7.99. The van der Waals surface area contributed by atoms with Gasteiger partial charge in [0.15, 0.2) is 6.61 Å². The highest BCUT2D eigenvalue weighted by Gasteiger charge is 2.47. The van der Waals surface area contributed by atoms with Gasteiger partial charge in [0.2, 0.25) is 5.91 Å². The molecule has 0 saturated carbocycles. The Balaban J connectivity index is 1.43. The third kappa shape index (κ3) is 7.77. The molecule has 10 nitrogen and oxygen atoms in total. The van der Waals surface area contributed by atoms with E-state index in [2.05, 4.69) is 10.3 Å². The first-order valence-corrected chi connectivity index (χ1v) is 15.9. The van der Waals surface area contributed by atoms with Crippen LogP contribution in [0.5, 0.6) is 5.75 Å². The van der Waals surface area contributed by atoms with Crippen molar-refractivity contribution in [2.24, 2.45) is 11.5 Å². The first kappa shape index (κ1) is 30.8. The molecule has 2 heterocycles. The van der Waals surface area contributed by atoms with Gasteiger partial charge in [0.25, 0.3) is 11.8 Å². The molecule has 5 N–H and O–H groups in total. The number of aryl methyl sites for hydroxylation is 1. The molecule has 4 rings (SSSR count). The van der Waals surface area contributed by atoms with Crippen LogP contribution < -0.4 is 21.5 Å². The number of carbonyl (C=O) groups is 3. The molecule has 1 fully saturated rings. The lowest BCUT2D eigenvalue weighted by Gasteiger charge is -2.26. The number of fused-ring (bicyclic) bond motifs is 1. The summed E-state index contributed by atoms with van der Waals surface area (Å²) in [5, 5.41) is 3.90. The molecule has 4 unspecified atom stereocenters. The fourth-order valence-corrected chi connectivity index (χ4v) is 6.47. The molecule has 3 amide bonds. The van der Waals surface area contributed by atoms with Gasteiger partial charge in [-0.2, -0.15) is 0 Å². The van der Waals surface area contributed by atoms with Crippen LogP contribution in [0, 0.1) is 0 Å². The molecular weight excluding hydrogens is 562 g/mol. The highest BCUT2D eigenvalue weighted by Crippen LogP contribution is 2.26. The van der Waals surface area contributed by atoms with E-state index in [1.54, 1.807) is 36.8 Å². The van der Waals surface area contributed by atoms with Crippen LogP contribution in [0.4, 0.5) is 0 Å². The van der Waals surface area contributed by atoms with E-state index in [9.17, 15) is 18.6 Å². The van der Waals surface area contributed by atoms with Crippen LogP contribution in [0.15, 0.2) is 67.0 Å². The number of unbranched alkanes of at least 4 members (excludes halogenated alkanes) is 1. The van der Waals surface area contributed by atoms with Crippen LogP contribution in [-0.2, 0) is 31.6 Å². The largest absolute Gasteiger partial charge is 0.483 e. The standard InChI is InChI=1S/C29H35N5O5S2/c1-40-25(30)16-26(35)34(27(36)18-39-24-12-7-11-21-17-32-15-13-22(21)24)28(37)23-19-41(38)29(31,33-23)14-6-5-10-20-8-3-2-4-9-20/h2-4,7-9,11-13,15,17,23,25,33H,5-6,10,14,16,18-19,30-31H2,1H3. The molecule has 1 aromatic heterocycles. The molecule has 1 aliphatic heterocycles. The van der Waals surface area contributed by atoms with E-state index in [0.717, 1.165) is 23.6 Å². The smallest absolute Gasteiger partial charge is 0.273 e. The van der Waals surface area contributed by atoms with Gasteiger partial charge in [-0.15, -0.1) is 11.8 Å². The van der Waals surface area contributed by atoms with Gasteiger partial charge in [-0.1, -0.05) is 42.5 Å². The summed E-state index contributed by atoms with van der Waals surface area (Å²) >= 11 is 1.23. The maximum atomic E-state index is 13.6. The van der Waals surface area contributed by atoms with Crippen molar-refractivity contribution in [2.75, 3.05) is 18.6 Å². The number of nitrogens with zero attached hydrogens (tertiary/aromatic N) is 2. The third-order valence-electron chi connectivity index (χ3n) is 6.94. The number of imide groups is 3. The number of aromatic nitrogens is 1. The molecule has 41 heavy (non-hydrogen) atoms. The van der Waals surface area contributed by atoms with Crippen molar-refractivity contribution >= 4 is 51.1 Å². The summed E-state index contributed by atoms with van der Waals surface area (Å²) in [5.74, 6) is -2.11. The van der Waals surface area contributed by atoms with E-state index in [1.165, 1.54) is 17.3 Å². The SMILES string of the molecule is CSC(N)CC(=O)N(C(=O)COc1cccc2cnccc12)C(=O)C1CS(=O)C(N)(CCCCc2ccccc2)N1. The number of hydrogen-bond donors (Lipinski definition) is 3. The van der Waals surface area contributed by atoms with E-state index in [-0.39, 0.29) is 12.2 Å². The number of pyridine rings is 1. The second kappa shape index (κ2) is 14.1. The van der Waals surface area contributed by atoms with Crippen LogP contribution in [0.2, 0.25) is 0 Å². The Bertz CT molecular complexity index is 1400. The molecule has 0 spiro atoms. The lowest BCUT2D eigenvalue weighted by Crippen LogP contribution is -2.58. The fraction of sp³-hybridized carbons (Fsp3) is 0.379. The van der Waals surface area contributed by atoms with Crippen molar-refractivity contribution in [3.05, 3.63) is 72.6 Å². The van der Waals surface area contributed by atoms with Gasteiger partial charge in [0, 0.05) is 23.2 Å². The Hall–Kier alpha value is -3.16. The van der Waals surface area contributed by atoms with Crippen molar-refractivity contribution in [3.8, 4) is 5.75 Å². The average molecular weight is 598 g/mol. The van der Waals surface area contributed by atoms with E-state index in [0.29, 0.717) is 23.5 Å². The topological polar surface area (TPSA) is 158 Å². The summed E-state index contributed by atoms with van der Waals surface area (Å²) < 4.78 is 18.8. The number of nitrogens with one attached hydrogen (secondary N) is 1. The summed E-state index contributed by atoms with van der Waals surface area (Å²) in [6.07, 6.45) is 7.50. The number of hydrogen-bond acceptors (Lipinski definition) is 10. The molecule has 12 heteroatoms. The Kier molecular flexibility index (Phi) is 10.6. The highest BCUT2D eigenvalue weighted by atomic mass is 32.2. The summed E-state index contributed by atoms with van der Waals surface area (Å²) in [5.41, 5.74) is 13.6. The lowest BCUT2D eigenvalue weighted by atomic mass is 10.1. The average Bonchev–Trinajstić information content (AvgIpc) is 3.28. The molecule has 4 atom stereocenters. The van der Waals surface area contributed by atoms with Crippen molar-refractivity contribution < 1.29 is 23.3 Å². The van der Waals surface area contributed by atoms with E-state index < -0.39 is 51.5 Å². The minimum absolute atomic E-state index is 0.114. The van der Waals surface area contributed by atoms with E-state index in [4.69, 9.17) is 16.2 Å². The quantitative estimate of drug-likeness (QED) is 0.209. The number of thioether (sulfide) groups is 1. The summed E-state index contributed by atoms with van der Waals surface area (Å²) in [4.78, 5) is 43.4. The number of amides is 3. The molecular formula is C29H35N5O5S2. The van der Waals surface area contributed by atoms with Crippen molar-refractivity contribution in [2.45, 2.75) is 48.5 Å². The molecule has 1 saturated heterocycles. The van der Waals surface area contributed by atoms with Crippen LogP contribution >= 0.6 is 11.8 Å². The minimum Gasteiger partial charge on any atom is -0.483 e. The number of ether oxygens (including phenoxy) is 1. The van der Waals surface area contributed by atoms with Gasteiger partial charge < -0.3 is 16.2 Å². The van der Waals surface area contributed by atoms with Gasteiger partial charge in [-0.3, -0.25) is 28.9 Å². The second-order valence-corrected chi connectivity index (χ2v) is 12.7. The molecule has 218 valence electrons. The summed E-state index contributed by atoms with van der Waals surface area (Å²) in [6, 6.07) is 16.0. The normalized spacial score (nSPS) is 21.0. The van der Waals surface area contributed by atoms with Gasteiger partial charge in [0.1, 0.15) is 16.8 Å². The van der Waals surface area contributed by atoms with E-state index in [1.807, 2.05) is 36.4 Å². The van der Waals surface area contributed by atoms with Crippen molar-refractivity contribution in [3.63, 3.8) is 0 Å². The maximum Gasteiger partial charge on any atom is 0.273 e. The summed E-state index contributed by atoms with van der Waals surface area (Å²) in [7, 11) is -1.60. The third-order valence-corrected chi connectivity index (χ3v) is 9.48. The first-order valence-electron chi connectivity index (χ1n) is 13.3. The molecule has 3 aromatic rings. The number of nitrogens with two attached hydrogens (primary N) is 2. The van der Waals surface area contributed by atoms with Gasteiger partial charge >= 0.3 is 0 Å². The monoisotopic (exact) mass is 597 g/mol. The Morgan fingerprint density at radius 1 is 1.15 bits per heavy atom. The molecule has 1 aliphatic rings. The zero-order valence-electron chi connectivity index (χ0n) is 22.9. The van der Waals surface area contributed by atoms with Crippen LogP contribution in [-0.4, -0.2) is 66.8 Å². The van der Waals surface area contributed by atoms with Crippen LogP contribution in [0.25, 0.3) is 10.8 Å². The van der Waals surface area contributed by atoms with Gasteiger partial charge in [0.05, 0.1) is 28.3 Å². The predicted octanol–water partition coefficient (Wildman–Crippen LogP) is 2.28. The molecule has 0 radical (unpaired) electrons. The number of benzene rings is 2. The van der Waals surface area contributed by atoms with Crippen molar-refractivity contribution in [1.29, 1.82) is 0 Å². The Morgan fingerprint density at radius 3 is 2.68 bits per heavy atom. The molecule has 0 bridgehead atoms. The van der Waals surface area contributed by atoms with Crippen LogP contribution in [0.3, 0.4) is 0 Å². The lowest BCUT2D eigenvalue weighted by molar-refractivity contribution is -0.155. The number of rotatable bonds is 12. The predicted molar refractivity (Wildman–Crippen MR) is 161 cm³/mol. The van der Waals surface area contributed by atoms with Crippen molar-refractivity contribution in [1.82, 2.24) is 15.2 Å².